The molecule has 0 saturated carbocycles. The molecule has 0 saturated heterocycles. The molecule has 0 bridgehead atoms. The van der Waals surface area contributed by atoms with E-state index in [2.05, 4.69) is 9.88 Å². The lowest BCUT2D eigenvalue weighted by Gasteiger charge is -2.18. The van der Waals surface area contributed by atoms with Gasteiger partial charge in [0.05, 0.1) is 5.69 Å². The molecular weight excluding hydrogens is 227 g/mol. The molecule has 2 nitrogen and oxygen atoms in total. The van der Waals surface area contributed by atoms with Crippen molar-refractivity contribution in [2.45, 2.75) is 6.92 Å². The molecule has 0 N–H and O–H groups in total. The minimum atomic E-state index is 0.607. The molecule has 0 aliphatic heterocycles. The molecule has 1 heterocycles. The SMILES string of the molecule is Cc1csc(N(CCCl)CCCl)n1. The van der Waals surface area contributed by atoms with Crippen molar-refractivity contribution >= 4 is 39.7 Å². The van der Waals surface area contributed by atoms with Crippen LogP contribution in [0.3, 0.4) is 0 Å². The predicted octanol–water partition coefficient (Wildman–Crippen LogP) is 2.74. The zero-order valence-corrected chi connectivity index (χ0v) is 9.79. The highest BCUT2D eigenvalue weighted by atomic mass is 35.5. The maximum absolute atomic E-state index is 5.68. The maximum Gasteiger partial charge on any atom is 0.185 e. The molecule has 0 spiro atoms. The highest BCUT2D eigenvalue weighted by Gasteiger charge is 2.08. The van der Waals surface area contributed by atoms with Crippen LogP contribution in [0.2, 0.25) is 0 Å². The minimum absolute atomic E-state index is 0.607. The van der Waals surface area contributed by atoms with Gasteiger partial charge in [0.2, 0.25) is 0 Å². The Morgan fingerprint density at radius 3 is 2.38 bits per heavy atom. The van der Waals surface area contributed by atoms with Crippen LogP contribution in [-0.2, 0) is 0 Å². The van der Waals surface area contributed by atoms with Crippen molar-refractivity contribution in [3.8, 4) is 0 Å². The molecule has 1 aromatic heterocycles. The summed E-state index contributed by atoms with van der Waals surface area (Å²) in [7, 11) is 0. The summed E-state index contributed by atoms with van der Waals surface area (Å²) >= 11 is 13.0. The largest absolute Gasteiger partial charge is 0.346 e. The standard InChI is InChI=1S/C8H12Cl2N2S/c1-7-6-13-8(11-7)12(4-2-9)5-3-10/h6H,2-5H2,1H3. The number of hydrogen-bond acceptors (Lipinski definition) is 3. The van der Waals surface area contributed by atoms with Gasteiger partial charge in [-0.25, -0.2) is 4.98 Å². The van der Waals surface area contributed by atoms with E-state index >= 15 is 0 Å². The van der Waals surface area contributed by atoms with Crippen LogP contribution in [-0.4, -0.2) is 29.8 Å². The van der Waals surface area contributed by atoms with Crippen molar-refractivity contribution in [2.75, 3.05) is 29.7 Å². The number of aromatic nitrogens is 1. The van der Waals surface area contributed by atoms with Crippen LogP contribution in [0.5, 0.6) is 0 Å². The fraction of sp³-hybridized carbons (Fsp3) is 0.625. The van der Waals surface area contributed by atoms with Gasteiger partial charge in [-0.3, -0.25) is 0 Å². The van der Waals surface area contributed by atoms with Gasteiger partial charge in [0.25, 0.3) is 0 Å². The van der Waals surface area contributed by atoms with E-state index in [9.17, 15) is 0 Å². The second kappa shape index (κ2) is 5.68. The summed E-state index contributed by atoms with van der Waals surface area (Å²) in [6.07, 6.45) is 0. The molecule has 0 atom stereocenters. The summed E-state index contributed by atoms with van der Waals surface area (Å²) in [5, 5.41) is 3.05. The number of anilines is 1. The van der Waals surface area contributed by atoms with Crippen LogP contribution in [0, 0.1) is 6.92 Å². The first kappa shape index (κ1) is 11.1. The van der Waals surface area contributed by atoms with Gasteiger partial charge < -0.3 is 4.90 Å². The molecule has 0 aromatic carbocycles. The fourth-order valence-electron chi connectivity index (χ4n) is 0.994. The Labute approximate surface area is 92.5 Å². The molecule has 0 aliphatic carbocycles. The average molecular weight is 239 g/mol. The molecule has 1 rings (SSSR count). The van der Waals surface area contributed by atoms with E-state index in [-0.39, 0.29) is 0 Å². The van der Waals surface area contributed by atoms with E-state index in [0.717, 1.165) is 23.9 Å². The van der Waals surface area contributed by atoms with E-state index in [1.165, 1.54) is 0 Å². The predicted molar refractivity (Wildman–Crippen MR) is 60.5 cm³/mol. The summed E-state index contributed by atoms with van der Waals surface area (Å²) in [6.45, 7) is 3.60. The summed E-state index contributed by atoms with van der Waals surface area (Å²) in [5.41, 5.74) is 1.05. The Morgan fingerprint density at radius 2 is 2.00 bits per heavy atom. The number of nitrogens with zero attached hydrogens (tertiary/aromatic N) is 2. The monoisotopic (exact) mass is 238 g/mol. The normalized spacial score (nSPS) is 10.4. The number of alkyl halides is 2. The second-order valence-corrected chi connectivity index (χ2v) is 4.23. The minimum Gasteiger partial charge on any atom is -0.346 e. The first-order valence-corrected chi connectivity index (χ1v) is 6.01. The molecule has 74 valence electrons. The average Bonchev–Trinajstić information content (AvgIpc) is 2.51. The first-order valence-electron chi connectivity index (χ1n) is 4.07. The maximum atomic E-state index is 5.68. The molecule has 0 fully saturated rings. The van der Waals surface area contributed by atoms with E-state index in [4.69, 9.17) is 23.2 Å². The Bertz CT molecular complexity index is 246. The lowest BCUT2D eigenvalue weighted by atomic mass is 10.5. The van der Waals surface area contributed by atoms with Gasteiger partial charge in [-0.2, -0.15) is 0 Å². The van der Waals surface area contributed by atoms with Crippen LogP contribution < -0.4 is 4.90 Å². The Morgan fingerprint density at radius 1 is 1.38 bits per heavy atom. The Balaban J connectivity index is 2.63. The summed E-state index contributed by atoms with van der Waals surface area (Å²) in [6, 6.07) is 0. The van der Waals surface area contributed by atoms with Crippen molar-refractivity contribution in [1.29, 1.82) is 0 Å². The van der Waals surface area contributed by atoms with E-state index < -0.39 is 0 Å². The molecule has 0 radical (unpaired) electrons. The molecule has 0 unspecified atom stereocenters. The van der Waals surface area contributed by atoms with Crippen molar-refractivity contribution in [1.82, 2.24) is 4.98 Å². The molecular formula is C8H12Cl2N2S. The zero-order valence-electron chi connectivity index (χ0n) is 7.46. The number of rotatable bonds is 5. The quantitative estimate of drug-likeness (QED) is 0.734. The van der Waals surface area contributed by atoms with Gasteiger partial charge >= 0.3 is 0 Å². The molecule has 0 amide bonds. The molecule has 13 heavy (non-hydrogen) atoms. The van der Waals surface area contributed by atoms with Crippen LogP contribution in [0.4, 0.5) is 5.13 Å². The third-order valence-electron chi connectivity index (χ3n) is 1.59. The topological polar surface area (TPSA) is 16.1 Å². The lowest BCUT2D eigenvalue weighted by molar-refractivity contribution is 0.865. The van der Waals surface area contributed by atoms with Gasteiger partial charge in [-0.05, 0) is 6.92 Å². The van der Waals surface area contributed by atoms with Crippen molar-refractivity contribution < 1.29 is 0 Å². The van der Waals surface area contributed by atoms with Crippen LogP contribution in [0.1, 0.15) is 5.69 Å². The van der Waals surface area contributed by atoms with Crippen molar-refractivity contribution in [2.24, 2.45) is 0 Å². The van der Waals surface area contributed by atoms with E-state index in [0.29, 0.717) is 11.8 Å². The third kappa shape index (κ3) is 3.33. The highest BCUT2D eigenvalue weighted by Crippen LogP contribution is 2.19. The molecule has 1 aromatic rings. The lowest BCUT2D eigenvalue weighted by Crippen LogP contribution is -2.27. The van der Waals surface area contributed by atoms with Gasteiger partial charge in [0, 0.05) is 30.2 Å². The summed E-state index contributed by atoms with van der Waals surface area (Å²) in [5.74, 6) is 1.21. The Hall–Kier alpha value is 0.01000. The number of hydrogen-bond donors (Lipinski definition) is 0. The van der Waals surface area contributed by atoms with Gasteiger partial charge in [-0.1, -0.05) is 0 Å². The third-order valence-corrected chi connectivity index (χ3v) is 2.94. The van der Waals surface area contributed by atoms with E-state index in [1.54, 1.807) is 11.3 Å². The summed E-state index contributed by atoms with van der Waals surface area (Å²) in [4.78, 5) is 6.48. The van der Waals surface area contributed by atoms with Gasteiger partial charge in [0.15, 0.2) is 5.13 Å². The van der Waals surface area contributed by atoms with Crippen LogP contribution in [0.15, 0.2) is 5.38 Å². The van der Waals surface area contributed by atoms with Crippen molar-refractivity contribution in [3.63, 3.8) is 0 Å². The first-order chi connectivity index (χ1) is 6.27. The van der Waals surface area contributed by atoms with Gasteiger partial charge in [0.1, 0.15) is 0 Å². The molecule has 0 aliphatic rings. The van der Waals surface area contributed by atoms with Crippen molar-refractivity contribution in [3.05, 3.63) is 11.1 Å². The van der Waals surface area contributed by atoms with Crippen LogP contribution >= 0.6 is 34.5 Å². The Kier molecular flexibility index (Phi) is 4.84. The fourth-order valence-corrected chi connectivity index (χ4v) is 2.26. The number of thiazole rings is 1. The number of halogens is 2. The molecule has 5 heteroatoms. The smallest absolute Gasteiger partial charge is 0.185 e. The zero-order chi connectivity index (χ0) is 9.68. The second-order valence-electron chi connectivity index (χ2n) is 2.64. The summed E-state index contributed by atoms with van der Waals surface area (Å²) < 4.78 is 0. The highest BCUT2D eigenvalue weighted by molar-refractivity contribution is 7.13. The van der Waals surface area contributed by atoms with E-state index in [1.807, 2.05) is 12.3 Å². The number of aryl methyl sites for hydroxylation is 1. The van der Waals surface area contributed by atoms with Crippen LogP contribution in [0.25, 0.3) is 0 Å². The van der Waals surface area contributed by atoms with Gasteiger partial charge in [-0.15, -0.1) is 34.5 Å².